The van der Waals surface area contributed by atoms with E-state index in [1.165, 1.54) is 27.8 Å². The molecule has 0 spiro atoms. The second-order valence-corrected chi connectivity index (χ2v) is 16.1. The Morgan fingerprint density at radius 2 is 0.841 bits per heavy atom. The minimum atomic E-state index is -0.533. The molecule has 10 aromatic rings. The Morgan fingerprint density at radius 1 is 0.317 bits per heavy atom. The summed E-state index contributed by atoms with van der Waals surface area (Å²) in [5.74, 6) is 3.48. The van der Waals surface area contributed by atoms with Crippen molar-refractivity contribution in [3.63, 3.8) is 0 Å². The maximum Gasteiger partial charge on any atom is 0.178 e. The van der Waals surface area contributed by atoms with Crippen molar-refractivity contribution in [2.75, 3.05) is 0 Å². The minimum Gasteiger partial charge on any atom is -0.449 e. The van der Waals surface area contributed by atoms with Gasteiger partial charge in [-0.2, -0.15) is 0 Å². The summed E-state index contributed by atoms with van der Waals surface area (Å²) in [6.07, 6.45) is 0. The van der Waals surface area contributed by atoms with E-state index in [2.05, 4.69) is 200 Å². The van der Waals surface area contributed by atoms with Gasteiger partial charge in [0.2, 0.25) is 0 Å². The molecule has 2 heterocycles. The average Bonchev–Trinajstić information content (AvgIpc) is 3.68. The van der Waals surface area contributed by atoms with Crippen molar-refractivity contribution in [1.82, 2.24) is 9.97 Å². The fourth-order valence-corrected chi connectivity index (χ4v) is 9.52. The zero-order valence-corrected chi connectivity index (χ0v) is 34.2. The highest BCUT2D eigenvalue weighted by Gasteiger charge is 2.48. The van der Waals surface area contributed by atoms with Gasteiger partial charge >= 0.3 is 0 Å². The Morgan fingerprint density at radius 3 is 1.56 bits per heavy atom. The SMILES string of the molecule is c1ccc(-c2cccc(-c3cc(-c4ccc(-c5ccc6c(c5)Oc5c(ccc7c5-c5ccccc5C7(c5ccccc5)c5ccccc5)O6)cc4)nc(-c4ccccc4)n3)c2)cc1. The molecule has 0 amide bonds. The molecule has 1 aliphatic carbocycles. The summed E-state index contributed by atoms with van der Waals surface area (Å²) in [6, 6.07) is 80.7. The van der Waals surface area contributed by atoms with Gasteiger partial charge in [-0.15, -0.1) is 0 Å². The first-order valence-electron chi connectivity index (χ1n) is 21.3. The Labute approximate surface area is 366 Å². The normalized spacial score (nSPS) is 12.8. The highest BCUT2D eigenvalue weighted by Crippen LogP contribution is 2.62. The molecular weight excluding hydrogens is 769 g/mol. The molecule has 1 aromatic heterocycles. The summed E-state index contributed by atoms with van der Waals surface area (Å²) < 4.78 is 13.7. The van der Waals surface area contributed by atoms with Crippen LogP contribution in [0.2, 0.25) is 0 Å². The van der Waals surface area contributed by atoms with E-state index in [1.54, 1.807) is 0 Å². The van der Waals surface area contributed by atoms with Crippen molar-refractivity contribution in [3.8, 4) is 90.3 Å². The van der Waals surface area contributed by atoms with E-state index in [0.717, 1.165) is 61.6 Å². The number of hydrogen-bond donors (Lipinski definition) is 0. The molecule has 0 N–H and O–H groups in total. The van der Waals surface area contributed by atoms with E-state index in [0.29, 0.717) is 23.1 Å². The maximum absolute atomic E-state index is 7.00. The van der Waals surface area contributed by atoms with E-state index in [4.69, 9.17) is 19.4 Å². The molecule has 4 nitrogen and oxygen atoms in total. The average molecular weight is 807 g/mol. The number of fused-ring (bicyclic) bond motifs is 6. The summed E-state index contributed by atoms with van der Waals surface area (Å²) in [6.45, 7) is 0. The fourth-order valence-electron chi connectivity index (χ4n) is 9.52. The fraction of sp³-hybridized carbons (Fsp3) is 0.0169. The highest BCUT2D eigenvalue weighted by molar-refractivity contribution is 5.92. The summed E-state index contributed by atoms with van der Waals surface area (Å²) in [5, 5.41) is 0. The van der Waals surface area contributed by atoms with Crippen molar-refractivity contribution in [2.24, 2.45) is 0 Å². The van der Waals surface area contributed by atoms with E-state index in [-0.39, 0.29) is 0 Å². The predicted octanol–water partition coefficient (Wildman–Crippen LogP) is 15.1. The summed E-state index contributed by atoms with van der Waals surface area (Å²) >= 11 is 0. The van der Waals surface area contributed by atoms with Crippen LogP contribution in [0.3, 0.4) is 0 Å². The Balaban J connectivity index is 0.910. The zero-order chi connectivity index (χ0) is 41.7. The molecule has 0 unspecified atom stereocenters. The van der Waals surface area contributed by atoms with Crippen molar-refractivity contribution >= 4 is 0 Å². The molecule has 4 heteroatoms. The largest absolute Gasteiger partial charge is 0.449 e. The van der Waals surface area contributed by atoms with Gasteiger partial charge in [0.15, 0.2) is 28.8 Å². The van der Waals surface area contributed by atoms with Gasteiger partial charge in [0.1, 0.15) is 0 Å². The summed E-state index contributed by atoms with van der Waals surface area (Å²) in [5.41, 5.74) is 15.6. The number of hydrogen-bond acceptors (Lipinski definition) is 4. The molecule has 1 aliphatic heterocycles. The number of nitrogens with zero attached hydrogens (tertiary/aromatic N) is 2. The summed E-state index contributed by atoms with van der Waals surface area (Å²) in [4.78, 5) is 10.2. The van der Waals surface area contributed by atoms with Crippen molar-refractivity contribution < 1.29 is 9.47 Å². The monoisotopic (exact) mass is 806 g/mol. The van der Waals surface area contributed by atoms with Gasteiger partial charge in [-0.05, 0) is 80.4 Å². The van der Waals surface area contributed by atoms with Crippen LogP contribution in [-0.4, -0.2) is 9.97 Å². The first-order chi connectivity index (χ1) is 31.2. The van der Waals surface area contributed by atoms with Crippen LogP contribution in [0.5, 0.6) is 23.0 Å². The second-order valence-electron chi connectivity index (χ2n) is 16.1. The van der Waals surface area contributed by atoms with E-state index < -0.39 is 5.41 Å². The molecule has 0 saturated heterocycles. The van der Waals surface area contributed by atoms with Crippen LogP contribution in [0.4, 0.5) is 0 Å². The van der Waals surface area contributed by atoms with Crippen LogP contribution < -0.4 is 9.47 Å². The molecule has 63 heavy (non-hydrogen) atoms. The van der Waals surface area contributed by atoms with Crippen molar-refractivity contribution in [3.05, 3.63) is 253 Å². The number of aromatic nitrogens is 2. The molecule has 0 radical (unpaired) electrons. The van der Waals surface area contributed by atoms with Gasteiger partial charge < -0.3 is 9.47 Å². The molecule has 2 aliphatic rings. The van der Waals surface area contributed by atoms with Crippen LogP contribution in [-0.2, 0) is 5.41 Å². The molecule has 9 aromatic carbocycles. The van der Waals surface area contributed by atoms with Crippen LogP contribution in [0.25, 0.3) is 67.3 Å². The van der Waals surface area contributed by atoms with Gasteiger partial charge in [0.25, 0.3) is 0 Å². The molecule has 0 fully saturated rings. The van der Waals surface area contributed by atoms with Crippen LogP contribution in [0.15, 0.2) is 231 Å². The second kappa shape index (κ2) is 15.0. The van der Waals surface area contributed by atoms with E-state index >= 15 is 0 Å². The van der Waals surface area contributed by atoms with Crippen LogP contribution in [0.1, 0.15) is 22.3 Å². The Bertz CT molecular complexity index is 3270. The van der Waals surface area contributed by atoms with Crippen LogP contribution >= 0.6 is 0 Å². The van der Waals surface area contributed by atoms with Crippen LogP contribution in [0, 0.1) is 0 Å². The highest BCUT2D eigenvalue weighted by atomic mass is 16.6. The summed E-state index contributed by atoms with van der Waals surface area (Å²) in [7, 11) is 0. The molecule has 0 atom stereocenters. The number of ether oxygens (including phenoxy) is 2. The Hall–Kier alpha value is -8.34. The van der Waals surface area contributed by atoms with E-state index in [1.807, 2.05) is 30.3 Å². The van der Waals surface area contributed by atoms with E-state index in [9.17, 15) is 0 Å². The lowest BCUT2D eigenvalue weighted by atomic mass is 9.68. The molecular formula is C59H38N2O2. The van der Waals surface area contributed by atoms with Gasteiger partial charge in [-0.3, -0.25) is 0 Å². The third kappa shape index (κ3) is 6.14. The molecule has 0 bridgehead atoms. The lowest BCUT2D eigenvalue weighted by molar-refractivity contribution is 0.360. The first-order valence-corrected chi connectivity index (χ1v) is 21.3. The van der Waals surface area contributed by atoms with Gasteiger partial charge in [0.05, 0.1) is 16.8 Å². The minimum absolute atomic E-state index is 0.533. The third-order valence-electron chi connectivity index (χ3n) is 12.5. The molecule has 0 saturated carbocycles. The molecule has 296 valence electrons. The van der Waals surface area contributed by atoms with Gasteiger partial charge in [-0.1, -0.05) is 200 Å². The third-order valence-corrected chi connectivity index (χ3v) is 12.5. The zero-order valence-electron chi connectivity index (χ0n) is 34.2. The standard InChI is InChI=1S/C59H38N2O2/c1-5-16-39(17-6-1)43-20-15-21-45(36-43)52-38-51(60-58(61-52)42-18-7-2-8-19-42)41-30-28-40(29-31-41)44-32-34-53-55(37-44)63-57-54(62-53)35-33-50-56(57)48-26-13-14-27-49(48)59(50,46-22-9-3-10-23-46)47-24-11-4-12-25-47/h1-38H. The first kappa shape index (κ1) is 36.5. The van der Waals surface area contributed by atoms with Gasteiger partial charge in [-0.25, -0.2) is 9.97 Å². The smallest absolute Gasteiger partial charge is 0.178 e. The van der Waals surface area contributed by atoms with Crippen molar-refractivity contribution in [1.29, 1.82) is 0 Å². The van der Waals surface area contributed by atoms with Crippen molar-refractivity contribution in [2.45, 2.75) is 5.41 Å². The maximum atomic E-state index is 7.00. The Kier molecular flexibility index (Phi) is 8.68. The number of benzene rings is 9. The lowest BCUT2D eigenvalue weighted by Gasteiger charge is -2.34. The lowest BCUT2D eigenvalue weighted by Crippen LogP contribution is -2.28. The number of rotatable bonds is 7. The predicted molar refractivity (Wildman–Crippen MR) is 253 cm³/mol. The molecule has 12 rings (SSSR count). The quantitative estimate of drug-likeness (QED) is 0.161. The van der Waals surface area contributed by atoms with Gasteiger partial charge in [0, 0.05) is 22.3 Å². The topological polar surface area (TPSA) is 44.2 Å².